The third-order valence-electron chi connectivity index (χ3n) is 2.54. The Morgan fingerprint density at radius 2 is 1.94 bits per heavy atom. The van der Waals surface area contributed by atoms with Crippen molar-refractivity contribution in [3.63, 3.8) is 0 Å². The average molecular weight is 282 g/mol. The van der Waals surface area contributed by atoms with Gasteiger partial charge in [0, 0.05) is 11.6 Å². The van der Waals surface area contributed by atoms with Crippen molar-refractivity contribution in [2.75, 3.05) is 4.98 Å². The number of anilines is 1. The highest BCUT2D eigenvalue weighted by Crippen LogP contribution is 2.30. The van der Waals surface area contributed by atoms with E-state index in [1.54, 1.807) is 0 Å². The Bertz CT molecular complexity index is 571. The molecule has 2 aromatic heterocycles. The number of nitrogens with one attached hydrogen (secondary N) is 2. The van der Waals surface area contributed by atoms with E-state index in [4.69, 9.17) is 11.6 Å². The van der Waals surface area contributed by atoms with E-state index in [-0.39, 0.29) is 5.41 Å². The maximum atomic E-state index is 6.30. The lowest BCUT2D eigenvalue weighted by Crippen LogP contribution is -2.17. The van der Waals surface area contributed by atoms with Crippen LogP contribution in [-0.4, -0.2) is 23.9 Å². The second-order valence-corrected chi connectivity index (χ2v) is 8.25. The molecule has 0 fully saturated rings. The van der Waals surface area contributed by atoms with Crippen LogP contribution in [0.3, 0.4) is 0 Å². The zero-order valence-electron chi connectivity index (χ0n) is 11.3. The summed E-state index contributed by atoms with van der Waals surface area (Å²) in [5.74, 6) is 0.756. The van der Waals surface area contributed by atoms with Crippen LogP contribution in [-0.2, 0) is 5.41 Å². The zero-order valence-corrected chi connectivity index (χ0v) is 13.1. The van der Waals surface area contributed by atoms with Crippen molar-refractivity contribution >= 4 is 37.3 Å². The van der Waals surface area contributed by atoms with E-state index in [1.807, 2.05) is 6.20 Å². The molecule has 0 saturated carbocycles. The first-order valence-electron chi connectivity index (χ1n) is 5.91. The summed E-state index contributed by atoms with van der Waals surface area (Å²) in [7, 11) is -0.586. The molecular formula is C12H18ClN4Si. The van der Waals surface area contributed by atoms with Gasteiger partial charge in [0.2, 0.25) is 0 Å². The normalized spacial score (nSPS) is 12.4. The highest BCUT2D eigenvalue weighted by molar-refractivity contribution is 6.60. The Balaban J connectivity index is 2.57. The SMILES string of the molecule is C[Si](C)Nc1c[nH]c2nc(C(C)(C)C)nc(Cl)c12. The third kappa shape index (κ3) is 2.52. The van der Waals surface area contributed by atoms with Gasteiger partial charge in [-0.15, -0.1) is 0 Å². The Kier molecular flexibility index (Phi) is 3.38. The molecule has 0 bridgehead atoms. The van der Waals surface area contributed by atoms with E-state index in [1.165, 1.54) is 0 Å². The fraction of sp³-hybridized carbons (Fsp3) is 0.500. The van der Waals surface area contributed by atoms with Crippen molar-refractivity contribution < 1.29 is 0 Å². The van der Waals surface area contributed by atoms with Crippen molar-refractivity contribution in [3.8, 4) is 0 Å². The number of aromatic nitrogens is 3. The molecule has 0 aliphatic carbocycles. The Morgan fingerprint density at radius 3 is 2.50 bits per heavy atom. The third-order valence-corrected chi connectivity index (χ3v) is 3.59. The van der Waals surface area contributed by atoms with Crippen molar-refractivity contribution in [2.45, 2.75) is 39.3 Å². The molecule has 2 rings (SSSR count). The van der Waals surface area contributed by atoms with Gasteiger partial charge in [0.25, 0.3) is 0 Å². The highest BCUT2D eigenvalue weighted by atomic mass is 35.5. The summed E-state index contributed by atoms with van der Waals surface area (Å²) in [6.45, 7) is 10.6. The van der Waals surface area contributed by atoms with Gasteiger partial charge in [0.15, 0.2) is 8.96 Å². The van der Waals surface area contributed by atoms with Gasteiger partial charge in [-0.2, -0.15) is 0 Å². The van der Waals surface area contributed by atoms with Crippen molar-refractivity contribution in [3.05, 3.63) is 17.2 Å². The summed E-state index contributed by atoms with van der Waals surface area (Å²) >= 11 is 6.30. The van der Waals surface area contributed by atoms with Crippen LogP contribution in [0.25, 0.3) is 11.0 Å². The topological polar surface area (TPSA) is 53.6 Å². The lowest BCUT2D eigenvalue weighted by atomic mass is 9.96. The molecule has 2 N–H and O–H groups in total. The monoisotopic (exact) mass is 281 g/mol. The Morgan fingerprint density at radius 1 is 1.28 bits per heavy atom. The van der Waals surface area contributed by atoms with Gasteiger partial charge >= 0.3 is 0 Å². The molecule has 1 radical (unpaired) electrons. The first kappa shape index (κ1) is 13.4. The van der Waals surface area contributed by atoms with Crippen LogP contribution in [0.1, 0.15) is 26.6 Å². The fourth-order valence-corrected chi connectivity index (χ4v) is 2.70. The molecule has 0 saturated heterocycles. The minimum Gasteiger partial charge on any atom is -0.409 e. The van der Waals surface area contributed by atoms with E-state index in [2.05, 4.69) is 53.8 Å². The Labute approximate surface area is 114 Å². The second-order valence-electron chi connectivity index (χ2n) is 5.64. The van der Waals surface area contributed by atoms with Crippen molar-refractivity contribution in [2.24, 2.45) is 0 Å². The van der Waals surface area contributed by atoms with Gasteiger partial charge < -0.3 is 9.97 Å². The van der Waals surface area contributed by atoms with Gasteiger partial charge in [-0.05, 0) is 0 Å². The van der Waals surface area contributed by atoms with E-state index in [9.17, 15) is 0 Å². The van der Waals surface area contributed by atoms with Gasteiger partial charge in [-0.1, -0.05) is 45.5 Å². The first-order valence-corrected chi connectivity index (χ1v) is 8.79. The van der Waals surface area contributed by atoms with Gasteiger partial charge in [0.05, 0.1) is 11.1 Å². The molecule has 2 aromatic rings. The molecule has 4 nitrogen and oxygen atoms in total. The second kappa shape index (κ2) is 4.55. The van der Waals surface area contributed by atoms with Crippen LogP contribution in [0, 0.1) is 0 Å². The minimum absolute atomic E-state index is 0.110. The number of H-pyrrole nitrogens is 1. The highest BCUT2D eigenvalue weighted by Gasteiger charge is 2.21. The molecule has 6 heteroatoms. The lowest BCUT2D eigenvalue weighted by Gasteiger charge is -2.16. The van der Waals surface area contributed by atoms with E-state index < -0.39 is 8.96 Å². The molecule has 2 heterocycles. The van der Waals surface area contributed by atoms with E-state index >= 15 is 0 Å². The van der Waals surface area contributed by atoms with Crippen molar-refractivity contribution in [1.29, 1.82) is 0 Å². The molecule has 97 valence electrons. The summed E-state index contributed by atoms with van der Waals surface area (Å²) < 4.78 is 0. The predicted molar refractivity (Wildman–Crippen MR) is 78.7 cm³/mol. The first-order chi connectivity index (χ1) is 8.29. The minimum atomic E-state index is -0.586. The molecule has 0 unspecified atom stereocenters. The van der Waals surface area contributed by atoms with Crippen LogP contribution in [0.15, 0.2) is 6.20 Å². The number of hydrogen-bond donors (Lipinski definition) is 2. The maximum Gasteiger partial charge on any atom is 0.160 e. The molecule has 0 spiro atoms. The molecule has 18 heavy (non-hydrogen) atoms. The molecule has 0 aliphatic rings. The average Bonchev–Trinajstić information content (AvgIpc) is 2.59. The van der Waals surface area contributed by atoms with Crippen LogP contribution in [0.5, 0.6) is 0 Å². The number of nitrogens with zero attached hydrogens (tertiary/aromatic N) is 2. The number of aromatic amines is 1. The fourth-order valence-electron chi connectivity index (χ4n) is 1.69. The predicted octanol–water partition coefficient (Wildman–Crippen LogP) is 3.57. The summed E-state index contributed by atoms with van der Waals surface area (Å²) in [6.07, 6.45) is 1.91. The smallest absolute Gasteiger partial charge is 0.160 e. The van der Waals surface area contributed by atoms with Crippen LogP contribution >= 0.6 is 11.6 Å². The molecule has 0 aromatic carbocycles. The number of hydrogen-bond acceptors (Lipinski definition) is 3. The molecule has 0 aliphatic heterocycles. The maximum absolute atomic E-state index is 6.30. The zero-order chi connectivity index (χ0) is 13.5. The molecular weight excluding hydrogens is 264 g/mol. The van der Waals surface area contributed by atoms with Gasteiger partial charge in [-0.25, -0.2) is 9.97 Å². The van der Waals surface area contributed by atoms with Crippen LogP contribution < -0.4 is 4.98 Å². The molecule has 0 amide bonds. The van der Waals surface area contributed by atoms with Crippen LogP contribution in [0.2, 0.25) is 18.2 Å². The quantitative estimate of drug-likeness (QED) is 0.654. The summed E-state index contributed by atoms with van der Waals surface area (Å²) in [6, 6.07) is 0. The van der Waals surface area contributed by atoms with Crippen molar-refractivity contribution in [1.82, 2.24) is 15.0 Å². The largest absolute Gasteiger partial charge is 0.409 e. The van der Waals surface area contributed by atoms with Gasteiger partial charge in [0.1, 0.15) is 16.6 Å². The van der Waals surface area contributed by atoms with Crippen LogP contribution in [0.4, 0.5) is 5.69 Å². The summed E-state index contributed by atoms with van der Waals surface area (Å²) in [5, 5.41) is 1.40. The van der Waals surface area contributed by atoms with Gasteiger partial charge in [-0.3, -0.25) is 0 Å². The number of fused-ring (bicyclic) bond motifs is 1. The Hall–Kier alpha value is -1.07. The van der Waals surface area contributed by atoms with E-state index in [0.29, 0.717) is 5.15 Å². The lowest BCUT2D eigenvalue weighted by molar-refractivity contribution is 0.548. The summed E-state index contributed by atoms with van der Waals surface area (Å²) in [4.78, 5) is 15.6. The number of rotatable bonds is 2. The number of halogens is 1. The summed E-state index contributed by atoms with van der Waals surface area (Å²) in [5.41, 5.74) is 1.68. The standard InChI is InChI=1S/C12H18ClN4Si/c1-12(2,3)11-15-9(13)8-7(17-18(4)5)6-14-10(8)16-11/h6,17H,1-5H3,(H,14,15,16). The molecule has 0 atom stereocenters. The van der Waals surface area contributed by atoms with E-state index in [0.717, 1.165) is 22.5 Å².